The number of nitrogens with zero attached hydrogens (tertiary/aromatic N) is 3. The van der Waals surface area contributed by atoms with Gasteiger partial charge in [-0.15, -0.1) is 0 Å². The van der Waals surface area contributed by atoms with Gasteiger partial charge in [-0.1, -0.05) is 60.7 Å². The second kappa shape index (κ2) is 8.84. The van der Waals surface area contributed by atoms with Crippen LogP contribution in [0.4, 0.5) is 0 Å². The van der Waals surface area contributed by atoms with Crippen LogP contribution >= 0.6 is 0 Å². The van der Waals surface area contributed by atoms with Crippen LogP contribution in [0.1, 0.15) is 12.0 Å². The van der Waals surface area contributed by atoms with Crippen molar-refractivity contribution < 1.29 is 4.42 Å². The van der Waals surface area contributed by atoms with E-state index in [1.165, 1.54) is 5.56 Å². The van der Waals surface area contributed by atoms with E-state index in [1.807, 2.05) is 42.7 Å². The van der Waals surface area contributed by atoms with Gasteiger partial charge in [-0.2, -0.15) is 0 Å². The Morgan fingerprint density at radius 2 is 1.48 bits per heavy atom. The van der Waals surface area contributed by atoms with Gasteiger partial charge in [0, 0.05) is 30.1 Å². The average molecular weight is 406 g/mol. The zero-order valence-corrected chi connectivity index (χ0v) is 17.2. The molecule has 152 valence electrons. The highest BCUT2D eigenvalue weighted by Crippen LogP contribution is 2.36. The molecule has 0 aliphatic rings. The van der Waals surface area contributed by atoms with E-state index >= 15 is 0 Å². The quantitative estimate of drug-likeness (QED) is 0.310. The monoisotopic (exact) mass is 405 g/mol. The summed E-state index contributed by atoms with van der Waals surface area (Å²) >= 11 is 0. The summed E-state index contributed by atoms with van der Waals surface area (Å²) in [5.41, 5.74) is 5.44. The molecular weight excluding hydrogens is 382 g/mol. The minimum atomic E-state index is 0.769. The van der Waals surface area contributed by atoms with E-state index in [0.717, 1.165) is 53.5 Å². The van der Waals surface area contributed by atoms with E-state index in [2.05, 4.69) is 64.1 Å². The maximum absolute atomic E-state index is 5.77. The van der Waals surface area contributed by atoms with Gasteiger partial charge in [0.1, 0.15) is 11.5 Å². The minimum absolute atomic E-state index is 0.769. The highest BCUT2D eigenvalue weighted by Gasteiger charge is 2.22. The number of imidazole rings is 1. The molecule has 0 unspecified atom stereocenters. The van der Waals surface area contributed by atoms with Crippen molar-refractivity contribution in [1.82, 2.24) is 14.5 Å². The Morgan fingerprint density at radius 3 is 2.19 bits per heavy atom. The molecule has 31 heavy (non-hydrogen) atoms. The molecule has 0 amide bonds. The molecule has 0 saturated carbocycles. The smallest absolute Gasteiger partial charge is 0.154 e. The first-order valence-corrected chi connectivity index (χ1v) is 10.5. The van der Waals surface area contributed by atoms with E-state index in [9.17, 15) is 0 Å². The molecule has 0 saturated heterocycles. The Kier molecular flexibility index (Phi) is 5.44. The molecule has 5 aromatic rings. The Bertz CT molecular complexity index is 1230. The second-order valence-corrected chi connectivity index (χ2v) is 7.45. The third kappa shape index (κ3) is 4.05. The lowest BCUT2D eigenvalue weighted by atomic mass is 10.1. The first-order valence-electron chi connectivity index (χ1n) is 10.5. The van der Waals surface area contributed by atoms with Crippen LogP contribution in [0.15, 0.2) is 108 Å². The molecular formula is C27H23N3O. The lowest BCUT2D eigenvalue weighted by Gasteiger charge is -2.13. The van der Waals surface area contributed by atoms with Crippen LogP contribution in [0.2, 0.25) is 0 Å². The van der Waals surface area contributed by atoms with Crippen molar-refractivity contribution in [2.45, 2.75) is 19.4 Å². The summed E-state index contributed by atoms with van der Waals surface area (Å²) in [5.74, 6) is 1.72. The standard InChI is InChI=1S/C27H23N3O/c1-3-9-21(10-4-1)11-7-19-30-26(22-15-17-28-18-16-22)25(24-14-8-20-31-24)29-27(30)23-12-5-2-6-13-23/h1-6,8-10,12-18,20H,7,11,19H2. The van der Waals surface area contributed by atoms with Crippen LogP contribution < -0.4 is 0 Å². The Labute approximate surface area is 181 Å². The number of hydrogen-bond acceptors (Lipinski definition) is 3. The number of furan rings is 1. The summed E-state index contributed by atoms with van der Waals surface area (Å²) in [7, 11) is 0. The molecule has 4 heteroatoms. The molecule has 0 aliphatic carbocycles. The molecule has 2 aromatic carbocycles. The van der Waals surface area contributed by atoms with Gasteiger partial charge in [-0.25, -0.2) is 4.98 Å². The van der Waals surface area contributed by atoms with Crippen LogP contribution in [0, 0.1) is 0 Å². The molecule has 3 aromatic heterocycles. The van der Waals surface area contributed by atoms with Gasteiger partial charge >= 0.3 is 0 Å². The van der Waals surface area contributed by atoms with Crippen molar-refractivity contribution in [1.29, 1.82) is 0 Å². The number of rotatable bonds is 7. The third-order valence-corrected chi connectivity index (χ3v) is 5.40. The number of aromatic nitrogens is 3. The Morgan fingerprint density at radius 1 is 0.742 bits per heavy atom. The van der Waals surface area contributed by atoms with Crippen LogP contribution in [-0.4, -0.2) is 14.5 Å². The van der Waals surface area contributed by atoms with E-state index in [4.69, 9.17) is 9.40 Å². The molecule has 5 rings (SSSR count). The number of hydrogen-bond donors (Lipinski definition) is 0. The van der Waals surface area contributed by atoms with E-state index in [-0.39, 0.29) is 0 Å². The first kappa shape index (κ1) is 19.1. The maximum atomic E-state index is 5.77. The minimum Gasteiger partial charge on any atom is -0.463 e. The summed E-state index contributed by atoms with van der Waals surface area (Å²) in [5, 5.41) is 0. The first-order chi connectivity index (χ1) is 15.4. The van der Waals surface area contributed by atoms with Crippen LogP contribution in [0.3, 0.4) is 0 Å². The molecule has 0 bridgehead atoms. The van der Waals surface area contributed by atoms with Crippen LogP contribution in [-0.2, 0) is 13.0 Å². The maximum Gasteiger partial charge on any atom is 0.154 e. The van der Waals surface area contributed by atoms with Crippen molar-refractivity contribution in [3.05, 3.63) is 109 Å². The predicted molar refractivity (Wildman–Crippen MR) is 123 cm³/mol. The van der Waals surface area contributed by atoms with Crippen LogP contribution in [0.25, 0.3) is 34.1 Å². The molecule has 3 heterocycles. The molecule has 0 atom stereocenters. The Hall–Kier alpha value is -3.92. The molecule has 0 N–H and O–H groups in total. The van der Waals surface area contributed by atoms with Crippen molar-refractivity contribution in [2.75, 3.05) is 0 Å². The van der Waals surface area contributed by atoms with E-state index < -0.39 is 0 Å². The number of pyridine rings is 1. The second-order valence-electron chi connectivity index (χ2n) is 7.45. The van der Waals surface area contributed by atoms with E-state index in [1.54, 1.807) is 6.26 Å². The number of benzene rings is 2. The van der Waals surface area contributed by atoms with Gasteiger partial charge in [-0.3, -0.25) is 4.98 Å². The lowest BCUT2D eigenvalue weighted by Crippen LogP contribution is -2.04. The van der Waals surface area contributed by atoms with E-state index in [0.29, 0.717) is 0 Å². The largest absolute Gasteiger partial charge is 0.463 e. The Balaban J connectivity index is 1.62. The summed E-state index contributed by atoms with van der Waals surface area (Å²) in [4.78, 5) is 9.28. The zero-order chi connectivity index (χ0) is 20.9. The van der Waals surface area contributed by atoms with Crippen molar-refractivity contribution in [3.8, 4) is 34.1 Å². The topological polar surface area (TPSA) is 43.9 Å². The van der Waals surface area contributed by atoms with Gasteiger partial charge in [0.15, 0.2) is 5.76 Å². The summed E-state index contributed by atoms with van der Waals surface area (Å²) in [6.45, 7) is 0.852. The highest BCUT2D eigenvalue weighted by atomic mass is 16.3. The molecule has 0 fully saturated rings. The lowest BCUT2D eigenvalue weighted by molar-refractivity contribution is 0.580. The summed E-state index contributed by atoms with van der Waals surface area (Å²) in [6, 6.07) is 28.9. The van der Waals surface area contributed by atoms with Gasteiger partial charge in [0.25, 0.3) is 0 Å². The molecule has 4 nitrogen and oxygen atoms in total. The zero-order valence-electron chi connectivity index (χ0n) is 17.2. The SMILES string of the molecule is c1ccc(CCCn2c(-c3ccccc3)nc(-c3ccco3)c2-c2ccncc2)cc1. The van der Waals surface area contributed by atoms with Crippen molar-refractivity contribution in [3.63, 3.8) is 0 Å². The average Bonchev–Trinajstić information content (AvgIpc) is 3.49. The fourth-order valence-corrected chi connectivity index (χ4v) is 3.95. The van der Waals surface area contributed by atoms with Crippen molar-refractivity contribution in [2.24, 2.45) is 0 Å². The van der Waals surface area contributed by atoms with Crippen LogP contribution in [0.5, 0.6) is 0 Å². The molecule has 0 radical (unpaired) electrons. The molecule has 0 aliphatic heterocycles. The molecule has 0 spiro atoms. The van der Waals surface area contributed by atoms with Crippen molar-refractivity contribution >= 4 is 0 Å². The summed E-state index contributed by atoms with van der Waals surface area (Å²) < 4.78 is 8.09. The van der Waals surface area contributed by atoms with Gasteiger partial charge in [-0.05, 0) is 42.7 Å². The van der Waals surface area contributed by atoms with Gasteiger partial charge < -0.3 is 8.98 Å². The predicted octanol–water partition coefficient (Wildman–Crippen LogP) is 6.50. The normalized spacial score (nSPS) is 11.0. The highest BCUT2D eigenvalue weighted by molar-refractivity contribution is 5.80. The number of aryl methyl sites for hydroxylation is 1. The fourth-order valence-electron chi connectivity index (χ4n) is 3.95. The van der Waals surface area contributed by atoms with Gasteiger partial charge in [0.2, 0.25) is 0 Å². The summed E-state index contributed by atoms with van der Waals surface area (Å²) in [6.07, 6.45) is 7.37. The fraction of sp³-hybridized carbons (Fsp3) is 0.111. The van der Waals surface area contributed by atoms with Gasteiger partial charge in [0.05, 0.1) is 12.0 Å². The third-order valence-electron chi connectivity index (χ3n) is 5.40.